The van der Waals surface area contributed by atoms with Gasteiger partial charge >= 0.3 is 0 Å². The van der Waals surface area contributed by atoms with Crippen molar-refractivity contribution in [2.24, 2.45) is 5.41 Å². The van der Waals surface area contributed by atoms with Crippen LogP contribution in [0.1, 0.15) is 51.5 Å². The maximum absolute atomic E-state index is 13.8. The molecule has 160 valence electrons. The summed E-state index contributed by atoms with van der Waals surface area (Å²) >= 11 is 0. The highest BCUT2D eigenvalue weighted by Gasteiger charge is 2.31. The molecule has 0 bridgehead atoms. The maximum atomic E-state index is 13.8. The van der Waals surface area contributed by atoms with Crippen molar-refractivity contribution < 1.29 is 14.0 Å². The Hall–Kier alpha value is -2.69. The van der Waals surface area contributed by atoms with Gasteiger partial charge in [0.05, 0.1) is 0 Å². The number of benzene rings is 2. The number of nitrogens with one attached hydrogen (secondary N) is 1. The average molecular weight is 411 g/mol. The fraction of sp³-hybridized carbons (Fsp3) is 0.440. The minimum absolute atomic E-state index is 0.116. The Kier molecular flexibility index (Phi) is 7.24. The SMILES string of the molecule is CC1(C)CCC(NC(=O)C(CCc2ccccc2)N(C=O)c2cccc(F)c2)CC1. The lowest BCUT2D eigenvalue weighted by Crippen LogP contribution is -2.50. The number of nitrogens with zero attached hydrogens (tertiary/aromatic N) is 1. The molecule has 0 saturated heterocycles. The summed E-state index contributed by atoms with van der Waals surface area (Å²) in [5.41, 5.74) is 1.80. The molecule has 0 radical (unpaired) electrons. The monoisotopic (exact) mass is 410 g/mol. The van der Waals surface area contributed by atoms with Crippen LogP contribution in [0.4, 0.5) is 10.1 Å². The summed E-state index contributed by atoms with van der Waals surface area (Å²) in [6, 6.07) is 15.1. The Bertz CT molecular complexity index is 843. The Labute approximate surface area is 178 Å². The highest BCUT2D eigenvalue weighted by molar-refractivity contribution is 5.92. The van der Waals surface area contributed by atoms with Crippen LogP contribution >= 0.6 is 0 Å². The Morgan fingerprint density at radius 2 is 1.87 bits per heavy atom. The summed E-state index contributed by atoms with van der Waals surface area (Å²) in [5.74, 6) is -0.608. The van der Waals surface area contributed by atoms with Gasteiger partial charge in [-0.2, -0.15) is 0 Å². The van der Waals surface area contributed by atoms with Gasteiger partial charge in [0, 0.05) is 11.7 Å². The fourth-order valence-corrected chi connectivity index (χ4v) is 4.14. The van der Waals surface area contributed by atoms with Crippen LogP contribution in [-0.2, 0) is 16.0 Å². The molecule has 1 fully saturated rings. The second-order valence-electron chi connectivity index (χ2n) is 8.98. The molecular formula is C25H31FN2O2. The van der Waals surface area contributed by atoms with E-state index in [9.17, 15) is 14.0 Å². The van der Waals surface area contributed by atoms with Crippen LogP contribution in [0.5, 0.6) is 0 Å². The zero-order chi connectivity index (χ0) is 21.6. The molecule has 5 heteroatoms. The van der Waals surface area contributed by atoms with Crippen LogP contribution in [0.25, 0.3) is 0 Å². The van der Waals surface area contributed by atoms with Crippen LogP contribution in [0, 0.1) is 11.2 Å². The van der Waals surface area contributed by atoms with E-state index in [0.717, 1.165) is 31.2 Å². The standard InChI is InChI=1S/C25H31FN2O2/c1-25(2)15-13-21(14-16-25)27-24(30)23(12-11-19-7-4-3-5-8-19)28(18-29)22-10-6-9-20(26)17-22/h3-10,17-18,21,23H,11-16H2,1-2H3,(H,27,30). The van der Waals surface area contributed by atoms with E-state index < -0.39 is 11.9 Å². The number of aryl methyl sites for hydroxylation is 1. The number of hydrogen-bond acceptors (Lipinski definition) is 2. The molecule has 0 heterocycles. The van der Waals surface area contributed by atoms with Gasteiger partial charge in [-0.1, -0.05) is 50.2 Å². The predicted molar refractivity (Wildman–Crippen MR) is 118 cm³/mol. The summed E-state index contributed by atoms with van der Waals surface area (Å²) in [6.45, 7) is 4.51. The van der Waals surface area contributed by atoms with Gasteiger partial charge in [-0.3, -0.25) is 9.59 Å². The van der Waals surface area contributed by atoms with E-state index in [2.05, 4.69) is 19.2 Å². The smallest absolute Gasteiger partial charge is 0.243 e. The van der Waals surface area contributed by atoms with Gasteiger partial charge < -0.3 is 10.2 Å². The molecular weight excluding hydrogens is 379 g/mol. The number of carbonyl (C=O) groups excluding carboxylic acids is 2. The van der Waals surface area contributed by atoms with Gasteiger partial charge in [-0.25, -0.2) is 4.39 Å². The zero-order valence-electron chi connectivity index (χ0n) is 17.8. The molecule has 0 aromatic heterocycles. The van der Waals surface area contributed by atoms with E-state index in [-0.39, 0.29) is 11.9 Å². The number of amides is 2. The molecule has 2 amide bonds. The van der Waals surface area contributed by atoms with Crippen molar-refractivity contribution in [3.63, 3.8) is 0 Å². The summed E-state index contributed by atoms with van der Waals surface area (Å²) in [5, 5.41) is 3.16. The van der Waals surface area contributed by atoms with Crippen LogP contribution < -0.4 is 10.2 Å². The second-order valence-corrected chi connectivity index (χ2v) is 8.98. The first-order valence-corrected chi connectivity index (χ1v) is 10.7. The van der Waals surface area contributed by atoms with Crippen molar-refractivity contribution in [2.45, 2.75) is 64.5 Å². The third-order valence-electron chi connectivity index (χ3n) is 6.09. The summed E-state index contributed by atoms with van der Waals surface area (Å²) in [6.07, 6.45) is 5.74. The fourth-order valence-electron chi connectivity index (χ4n) is 4.14. The van der Waals surface area contributed by atoms with Crippen LogP contribution in [-0.4, -0.2) is 24.4 Å². The second kappa shape index (κ2) is 9.88. The van der Waals surface area contributed by atoms with E-state index in [4.69, 9.17) is 0 Å². The molecule has 0 aliphatic heterocycles. The van der Waals surface area contributed by atoms with Crippen molar-refractivity contribution in [3.8, 4) is 0 Å². The Balaban J connectivity index is 1.77. The topological polar surface area (TPSA) is 49.4 Å². The van der Waals surface area contributed by atoms with E-state index in [0.29, 0.717) is 30.4 Å². The molecule has 1 N–H and O–H groups in total. The van der Waals surface area contributed by atoms with E-state index in [1.54, 1.807) is 12.1 Å². The Morgan fingerprint density at radius 3 is 2.50 bits per heavy atom. The first-order chi connectivity index (χ1) is 14.4. The van der Waals surface area contributed by atoms with Crippen molar-refractivity contribution in [1.82, 2.24) is 5.32 Å². The molecule has 2 aromatic carbocycles. The van der Waals surface area contributed by atoms with Crippen molar-refractivity contribution in [1.29, 1.82) is 0 Å². The van der Waals surface area contributed by atoms with Gasteiger partial charge in [-0.05, 0) is 67.7 Å². The molecule has 1 aliphatic carbocycles. The van der Waals surface area contributed by atoms with E-state index >= 15 is 0 Å². The van der Waals surface area contributed by atoms with Crippen LogP contribution in [0.15, 0.2) is 54.6 Å². The highest BCUT2D eigenvalue weighted by atomic mass is 19.1. The molecule has 3 rings (SSSR count). The lowest BCUT2D eigenvalue weighted by molar-refractivity contribution is -0.125. The molecule has 0 spiro atoms. The number of carbonyl (C=O) groups is 2. The van der Waals surface area contributed by atoms with Gasteiger partial charge in [0.25, 0.3) is 0 Å². The first-order valence-electron chi connectivity index (χ1n) is 10.7. The largest absolute Gasteiger partial charge is 0.352 e. The average Bonchev–Trinajstić information content (AvgIpc) is 2.73. The molecule has 2 aromatic rings. The maximum Gasteiger partial charge on any atom is 0.243 e. The van der Waals surface area contributed by atoms with Gasteiger partial charge in [-0.15, -0.1) is 0 Å². The normalized spacial score (nSPS) is 17.2. The van der Waals surface area contributed by atoms with Crippen molar-refractivity contribution in [3.05, 3.63) is 66.0 Å². The predicted octanol–water partition coefficient (Wildman–Crippen LogP) is 4.87. The minimum atomic E-state index is -0.695. The van der Waals surface area contributed by atoms with E-state index in [1.165, 1.54) is 17.0 Å². The summed E-state index contributed by atoms with van der Waals surface area (Å²) in [4.78, 5) is 26.6. The Morgan fingerprint density at radius 1 is 1.17 bits per heavy atom. The quantitative estimate of drug-likeness (QED) is 0.631. The summed E-state index contributed by atoms with van der Waals surface area (Å²) < 4.78 is 13.8. The molecule has 4 nitrogen and oxygen atoms in total. The number of hydrogen-bond donors (Lipinski definition) is 1. The van der Waals surface area contributed by atoms with Gasteiger partial charge in [0.1, 0.15) is 11.9 Å². The number of rotatable bonds is 8. The zero-order valence-corrected chi connectivity index (χ0v) is 17.8. The van der Waals surface area contributed by atoms with Gasteiger partial charge in [0.2, 0.25) is 12.3 Å². The van der Waals surface area contributed by atoms with Crippen LogP contribution in [0.3, 0.4) is 0 Å². The van der Waals surface area contributed by atoms with Crippen molar-refractivity contribution >= 4 is 18.0 Å². The molecule has 1 unspecified atom stereocenters. The third-order valence-corrected chi connectivity index (χ3v) is 6.09. The molecule has 1 atom stereocenters. The van der Waals surface area contributed by atoms with Crippen molar-refractivity contribution in [2.75, 3.05) is 4.90 Å². The molecule has 1 aliphatic rings. The molecule has 30 heavy (non-hydrogen) atoms. The number of anilines is 1. The lowest BCUT2D eigenvalue weighted by atomic mass is 9.75. The summed E-state index contributed by atoms with van der Waals surface area (Å²) in [7, 11) is 0. The first kappa shape index (κ1) is 22.0. The minimum Gasteiger partial charge on any atom is -0.352 e. The highest BCUT2D eigenvalue weighted by Crippen LogP contribution is 2.35. The van der Waals surface area contributed by atoms with Gasteiger partial charge in [0.15, 0.2) is 0 Å². The lowest BCUT2D eigenvalue weighted by Gasteiger charge is -2.36. The molecule has 1 saturated carbocycles. The third kappa shape index (κ3) is 5.91. The van der Waals surface area contributed by atoms with E-state index in [1.807, 2.05) is 30.3 Å². The van der Waals surface area contributed by atoms with Crippen LogP contribution in [0.2, 0.25) is 0 Å². The number of halogens is 1.